The molecule has 0 aliphatic carbocycles. The second-order valence-electron chi connectivity index (χ2n) is 5.65. The molecule has 0 fully saturated rings. The van der Waals surface area contributed by atoms with E-state index in [9.17, 15) is 0 Å². The fourth-order valence-corrected chi connectivity index (χ4v) is 2.66. The van der Waals surface area contributed by atoms with Crippen molar-refractivity contribution in [1.82, 2.24) is 9.97 Å². The van der Waals surface area contributed by atoms with Crippen LogP contribution in [0.15, 0.2) is 48.5 Å². The van der Waals surface area contributed by atoms with Crippen LogP contribution in [0.3, 0.4) is 0 Å². The molecule has 0 saturated carbocycles. The van der Waals surface area contributed by atoms with Crippen molar-refractivity contribution in [1.29, 1.82) is 0 Å². The van der Waals surface area contributed by atoms with Crippen molar-refractivity contribution in [2.24, 2.45) is 0 Å². The summed E-state index contributed by atoms with van der Waals surface area (Å²) in [7, 11) is 0. The number of halogens is 1. The summed E-state index contributed by atoms with van der Waals surface area (Å²) in [4.78, 5) is 8.95. The summed E-state index contributed by atoms with van der Waals surface area (Å²) in [6.07, 6.45) is 0. The molecular weight excluding hydrogens is 340 g/mol. The fraction of sp³-hybridized carbons (Fsp3) is 0.158. The van der Waals surface area contributed by atoms with Crippen LogP contribution in [0.1, 0.15) is 11.3 Å². The minimum atomic E-state index is 0.259. The molecule has 3 aromatic rings. The summed E-state index contributed by atoms with van der Waals surface area (Å²) in [5.74, 6) is 2.63. The van der Waals surface area contributed by atoms with Gasteiger partial charge < -0.3 is 14.2 Å². The number of ether oxygens (including phenoxy) is 3. The Labute approximate surface area is 150 Å². The second kappa shape index (κ2) is 6.61. The van der Waals surface area contributed by atoms with Gasteiger partial charge in [-0.05, 0) is 48.9 Å². The van der Waals surface area contributed by atoms with Crippen LogP contribution < -0.4 is 14.2 Å². The lowest BCUT2D eigenvalue weighted by molar-refractivity contribution is 0.174. The zero-order chi connectivity index (χ0) is 17.2. The van der Waals surface area contributed by atoms with Crippen LogP contribution in [0.2, 0.25) is 5.02 Å². The van der Waals surface area contributed by atoms with E-state index in [1.807, 2.05) is 55.5 Å². The van der Waals surface area contributed by atoms with Gasteiger partial charge in [-0.15, -0.1) is 0 Å². The Morgan fingerprint density at radius 3 is 2.64 bits per heavy atom. The van der Waals surface area contributed by atoms with E-state index in [-0.39, 0.29) is 6.79 Å². The van der Waals surface area contributed by atoms with Gasteiger partial charge >= 0.3 is 0 Å². The summed E-state index contributed by atoms with van der Waals surface area (Å²) in [5, 5.41) is 0.677. The molecule has 1 aromatic heterocycles. The predicted octanol–water partition coefficient (Wildman–Crippen LogP) is 4.41. The van der Waals surface area contributed by atoms with E-state index in [0.717, 1.165) is 28.3 Å². The highest BCUT2D eigenvalue weighted by molar-refractivity contribution is 6.30. The van der Waals surface area contributed by atoms with Crippen LogP contribution >= 0.6 is 11.6 Å². The van der Waals surface area contributed by atoms with Crippen molar-refractivity contribution in [3.05, 3.63) is 64.8 Å². The average Bonchev–Trinajstić information content (AvgIpc) is 3.08. The number of nitrogens with zero attached hydrogens (tertiary/aromatic N) is 2. The maximum Gasteiger partial charge on any atom is 0.231 e. The van der Waals surface area contributed by atoms with E-state index < -0.39 is 0 Å². The highest BCUT2D eigenvalue weighted by Gasteiger charge is 2.13. The summed E-state index contributed by atoms with van der Waals surface area (Å²) in [6, 6.07) is 15.0. The topological polar surface area (TPSA) is 53.5 Å². The molecular formula is C19H15ClN2O3. The monoisotopic (exact) mass is 354 g/mol. The summed E-state index contributed by atoms with van der Waals surface area (Å²) < 4.78 is 16.5. The first-order chi connectivity index (χ1) is 12.2. The molecule has 5 nitrogen and oxygen atoms in total. The number of aryl methyl sites for hydroxylation is 1. The minimum absolute atomic E-state index is 0.259. The van der Waals surface area contributed by atoms with Crippen molar-refractivity contribution in [2.45, 2.75) is 13.5 Å². The first-order valence-corrected chi connectivity index (χ1v) is 8.18. The summed E-state index contributed by atoms with van der Waals surface area (Å²) >= 11 is 5.93. The van der Waals surface area contributed by atoms with Gasteiger partial charge in [0.1, 0.15) is 6.61 Å². The van der Waals surface area contributed by atoms with E-state index in [1.54, 1.807) is 0 Å². The molecule has 0 N–H and O–H groups in total. The molecule has 0 amide bonds. The number of hydrogen-bond acceptors (Lipinski definition) is 5. The van der Waals surface area contributed by atoms with Crippen LogP contribution in [0.5, 0.6) is 17.4 Å². The molecule has 4 rings (SSSR count). The highest BCUT2D eigenvalue weighted by Crippen LogP contribution is 2.32. The van der Waals surface area contributed by atoms with Crippen LogP contribution in [-0.2, 0) is 6.61 Å². The zero-order valence-electron chi connectivity index (χ0n) is 13.5. The van der Waals surface area contributed by atoms with Crippen molar-refractivity contribution >= 4 is 11.6 Å². The van der Waals surface area contributed by atoms with Crippen LogP contribution in [0, 0.1) is 6.92 Å². The third-order valence-electron chi connectivity index (χ3n) is 3.76. The van der Waals surface area contributed by atoms with Gasteiger partial charge in [0.05, 0.1) is 0 Å². The molecule has 0 bridgehead atoms. The highest BCUT2D eigenvalue weighted by atomic mass is 35.5. The Kier molecular flexibility index (Phi) is 4.15. The van der Waals surface area contributed by atoms with Crippen molar-refractivity contribution in [3.63, 3.8) is 0 Å². The van der Waals surface area contributed by atoms with Gasteiger partial charge in [-0.3, -0.25) is 0 Å². The molecule has 2 aromatic carbocycles. The first-order valence-electron chi connectivity index (χ1n) is 7.80. The molecule has 0 unspecified atom stereocenters. The molecule has 126 valence electrons. The number of aromatic nitrogens is 2. The molecule has 0 atom stereocenters. The molecule has 1 aliphatic heterocycles. The molecule has 1 aliphatic rings. The zero-order valence-corrected chi connectivity index (χ0v) is 14.3. The first kappa shape index (κ1) is 15.7. The van der Waals surface area contributed by atoms with Crippen LogP contribution in [0.25, 0.3) is 11.4 Å². The number of benzene rings is 2. The minimum Gasteiger partial charge on any atom is -0.473 e. The smallest absolute Gasteiger partial charge is 0.231 e. The fourth-order valence-electron chi connectivity index (χ4n) is 2.53. The van der Waals surface area contributed by atoms with Crippen molar-refractivity contribution < 1.29 is 14.2 Å². The van der Waals surface area contributed by atoms with E-state index in [1.165, 1.54) is 0 Å². The number of hydrogen-bond donors (Lipinski definition) is 0. The Morgan fingerprint density at radius 1 is 1.00 bits per heavy atom. The van der Waals surface area contributed by atoms with Gasteiger partial charge in [0, 0.05) is 22.3 Å². The maximum absolute atomic E-state index is 5.93. The number of fused-ring (bicyclic) bond motifs is 1. The van der Waals surface area contributed by atoms with Gasteiger partial charge in [0.25, 0.3) is 0 Å². The van der Waals surface area contributed by atoms with Gasteiger partial charge in [-0.1, -0.05) is 17.7 Å². The van der Waals surface area contributed by atoms with Gasteiger partial charge in [0.15, 0.2) is 17.3 Å². The third kappa shape index (κ3) is 3.51. The Balaban J connectivity index is 1.53. The lowest BCUT2D eigenvalue weighted by Gasteiger charge is -2.09. The van der Waals surface area contributed by atoms with Gasteiger partial charge in [-0.2, -0.15) is 4.98 Å². The number of rotatable bonds is 4. The van der Waals surface area contributed by atoms with Gasteiger partial charge in [0.2, 0.25) is 12.7 Å². The second-order valence-corrected chi connectivity index (χ2v) is 6.09. The molecule has 6 heteroatoms. The standard InChI is InChI=1S/C19H15ClN2O3/c1-12-8-18(22-19(21-12)14-3-5-15(20)6-4-14)23-10-13-2-7-16-17(9-13)25-11-24-16/h2-9H,10-11H2,1H3. The maximum atomic E-state index is 5.93. The Morgan fingerprint density at radius 2 is 1.80 bits per heavy atom. The lowest BCUT2D eigenvalue weighted by atomic mass is 10.2. The lowest BCUT2D eigenvalue weighted by Crippen LogP contribution is -2.00. The quantitative estimate of drug-likeness (QED) is 0.694. The predicted molar refractivity (Wildman–Crippen MR) is 94.1 cm³/mol. The largest absolute Gasteiger partial charge is 0.473 e. The Bertz CT molecular complexity index is 913. The molecule has 0 saturated heterocycles. The normalized spacial score (nSPS) is 12.2. The molecule has 25 heavy (non-hydrogen) atoms. The summed E-state index contributed by atoms with van der Waals surface area (Å²) in [5.41, 5.74) is 2.70. The van der Waals surface area contributed by atoms with Crippen LogP contribution in [0.4, 0.5) is 0 Å². The van der Waals surface area contributed by atoms with E-state index in [2.05, 4.69) is 9.97 Å². The van der Waals surface area contributed by atoms with Crippen LogP contribution in [-0.4, -0.2) is 16.8 Å². The summed E-state index contributed by atoms with van der Waals surface area (Å²) in [6.45, 7) is 2.55. The molecule has 0 spiro atoms. The Hall–Kier alpha value is -2.79. The third-order valence-corrected chi connectivity index (χ3v) is 4.01. The van der Waals surface area contributed by atoms with Crippen molar-refractivity contribution in [2.75, 3.05) is 6.79 Å². The average molecular weight is 355 g/mol. The van der Waals surface area contributed by atoms with E-state index in [4.69, 9.17) is 25.8 Å². The SMILES string of the molecule is Cc1cc(OCc2ccc3c(c2)OCO3)nc(-c2ccc(Cl)cc2)n1. The molecule has 0 radical (unpaired) electrons. The molecule has 2 heterocycles. The van der Waals surface area contributed by atoms with E-state index >= 15 is 0 Å². The van der Waals surface area contributed by atoms with E-state index in [0.29, 0.717) is 23.3 Å². The van der Waals surface area contributed by atoms with Crippen molar-refractivity contribution in [3.8, 4) is 28.8 Å². The van der Waals surface area contributed by atoms with Gasteiger partial charge in [-0.25, -0.2) is 4.98 Å².